The van der Waals surface area contributed by atoms with Gasteiger partial charge in [0.15, 0.2) is 5.82 Å². The van der Waals surface area contributed by atoms with Crippen LogP contribution >= 0.6 is 0 Å². The molecular formula is C12H16N4. The molecule has 0 unspecified atom stereocenters. The van der Waals surface area contributed by atoms with Gasteiger partial charge < -0.3 is 5.73 Å². The first-order chi connectivity index (χ1) is 7.65. The molecule has 0 atom stereocenters. The second-order valence-corrected chi connectivity index (χ2v) is 3.94. The Morgan fingerprint density at radius 1 is 1.31 bits per heavy atom. The Morgan fingerprint density at radius 2 is 2.12 bits per heavy atom. The highest BCUT2D eigenvalue weighted by atomic mass is 15.3. The number of nitrogen functional groups attached to an aromatic ring is 1. The summed E-state index contributed by atoms with van der Waals surface area (Å²) in [6.07, 6.45) is 1.78. The zero-order valence-corrected chi connectivity index (χ0v) is 9.64. The van der Waals surface area contributed by atoms with E-state index in [1.165, 1.54) is 5.56 Å². The van der Waals surface area contributed by atoms with Crippen LogP contribution in [0.3, 0.4) is 0 Å². The summed E-state index contributed by atoms with van der Waals surface area (Å²) in [6.45, 7) is 1.96. The van der Waals surface area contributed by atoms with Crippen molar-refractivity contribution in [1.29, 1.82) is 0 Å². The maximum absolute atomic E-state index is 5.72. The van der Waals surface area contributed by atoms with Crippen molar-refractivity contribution in [3.05, 3.63) is 41.5 Å². The van der Waals surface area contributed by atoms with Gasteiger partial charge >= 0.3 is 0 Å². The minimum absolute atomic E-state index is 0.808. The summed E-state index contributed by atoms with van der Waals surface area (Å²) in [5, 5.41) is 4.32. The van der Waals surface area contributed by atoms with E-state index in [1.54, 1.807) is 4.68 Å². The third kappa shape index (κ3) is 2.39. The SMILES string of the molecule is Cc1nc(CCc2cccc(N)c2)nn1C. The summed E-state index contributed by atoms with van der Waals surface area (Å²) >= 11 is 0. The van der Waals surface area contributed by atoms with Crippen molar-refractivity contribution in [2.24, 2.45) is 7.05 Å². The van der Waals surface area contributed by atoms with Gasteiger partial charge in [0, 0.05) is 19.2 Å². The Bertz CT molecular complexity index is 468. The highest BCUT2D eigenvalue weighted by Crippen LogP contribution is 2.09. The van der Waals surface area contributed by atoms with Crippen LogP contribution in [0, 0.1) is 6.92 Å². The van der Waals surface area contributed by atoms with Crippen LogP contribution in [-0.2, 0) is 19.9 Å². The van der Waals surface area contributed by atoms with Gasteiger partial charge in [-0.25, -0.2) is 4.98 Å². The third-order valence-electron chi connectivity index (χ3n) is 2.61. The third-order valence-corrected chi connectivity index (χ3v) is 2.61. The first-order valence-electron chi connectivity index (χ1n) is 5.36. The molecule has 0 aliphatic carbocycles. The largest absolute Gasteiger partial charge is 0.399 e. The van der Waals surface area contributed by atoms with Gasteiger partial charge in [0.05, 0.1) is 0 Å². The quantitative estimate of drug-likeness (QED) is 0.791. The summed E-state index contributed by atoms with van der Waals surface area (Å²) in [5.74, 6) is 1.84. The predicted octanol–water partition coefficient (Wildman–Crippen LogP) is 1.49. The molecule has 1 aromatic heterocycles. The molecule has 0 fully saturated rings. The van der Waals surface area contributed by atoms with Crippen LogP contribution in [0.15, 0.2) is 24.3 Å². The average molecular weight is 216 g/mol. The van der Waals surface area contributed by atoms with Gasteiger partial charge in [-0.15, -0.1) is 0 Å². The Hall–Kier alpha value is -1.84. The van der Waals surface area contributed by atoms with Crippen molar-refractivity contribution in [2.45, 2.75) is 19.8 Å². The Labute approximate surface area is 95.1 Å². The molecule has 2 aromatic rings. The number of aryl methyl sites for hydroxylation is 4. The molecule has 0 saturated carbocycles. The number of nitrogens with zero attached hydrogens (tertiary/aromatic N) is 3. The topological polar surface area (TPSA) is 56.7 Å². The summed E-state index contributed by atoms with van der Waals surface area (Å²) < 4.78 is 1.80. The van der Waals surface area contributed by atoms with Crippen LogP contribution in [0.4, 0.5) is 5.69 Å². The average Bonchev–Trinajstić information content (AvgIpc) is 2.56. The van der Waals surface area contributed by atoms with Crippen LogP contribution in [0.25, 0.3) is 0 Å². The maximum atomic E-state index is 5.72. The van der Waals surface area contributed by atoms with Crippen molar-refractivity contribution in [2.75, 3.05) is 5.73 Å². The second-order valence-electron chi connectivity index (χ2n) is 3.94. The van der Waals surface area contributed by atoms with Crippen LogP contribution in [-0.4, -0.2) is 14.8 Å². The van der Waals surface area contributed by atoms with Gasteiger partial charge in [0.25, 0.3) is 0 Å². The van der Waals surface area contributed by atoms with Crippen molar-refractivity contribution in [3.8, 4) is 0 Å². The molecule has 0 aliphatic heterocycles. The molecule has 2 rings (SSSR count). The summed E-state index contributed by atoms with van der Waals surface area (Å²) in [6, 6.07) is 7.94. The van der Waals surface area contributed by atoms with E-state index in [0.717, 1.165) is 30.2 Å². The van der Waals surface area contributed by atoms with Gasteiger partial charge in [-0.1, -0.05) is 12.1 Å². The summed E-state index contributed by atoms with van der Waals surface area (Å²) in [5.41, 5.74) is 7.76. The minimum Gasteiger partial charge on any atom is -0.399 e. The van der Waals surface area contributed by atoms with E-state index in [2.05, 4.69) is 16.1 Å². The number of rotatable bonds is 3. The van der Waals surface area contributed by atoms with E-state index in [9.17, 15) is 0 Å². The van der Waals surface area contributed by atoms with Gasteiger partial charge in [-0.05, 0) is 31.0 Å². The fourth-order valence-electron chi connectivity index (χ4n) is 1.64. The lowest BCUT2D eigenvalue weighted by Crippen LogP contribution is -1.96. The zero-order chi connectivity index (χ0) is 11.5. The first-order valence-corrected chi connectivity index (χ1v) is 5.36. The lowest BCUT2D eigenvalue weighted by atomic mass is 10.1. The molecule has 84 valence electrons. The number of nitrogens with two attached hydrogens (primary N) is 1. The number of aromatic nitrogens is 3. The van der Waals surface area contributed by atoms with Crippen LogP contribution < -0.4 is 5.73 Å². The molecule has 1 heterocycles. The molecule has 0 radical (unpaired) electrons. The molecule has 0 aliphatic rings. The smallest absolute Gasteiger partial charge is 0.151 e. The molecular weight excluding hydrogens is 200 g/mol. The van der Waals surface area contributed by atoms with Gasteiger partial charge in [-0.3, -0.25) is 4.68 Å². The lowest BCUT2D eigenvalue weighted by molar-refractivity contribution is 0.716. The molecule has 0 amide bonds. The van der Waals surface area contributed by atoms with Gasteiger partial charge in [0.1, 0.15) is 5.82 Å². The fraction of sp³-hybridized carbons (Fsp3) is 0.333. The maximum Gasteiger partial charge on any atom is 0.151 e. The number of hydrogen-bond donors (Lipinski definition) is 1. The first kappa shape index (κ1) is 10.7. The Kier molecular flexibility index (Phi) is 2.90. The highest BCUT2D eigenvalue weighted by Gasteiger charge is 2.03. The minimum atomic E-state index is 0.808. The summed E-state index contributed by atoms with van der Waals surface area (Å²) in [7, 11) is 1.91. The molecule has 1 aromatic carbocycles. The van der Waals surface area contributed by atoms with E-state index >= 15 is 0 Å². The van der Waals surface area contributed by atoms with E-state index in [1.807, 2.05) is 32.2 Å². The van der Waals surface area contributed by atoms with Crippen molar-refractivity contribution < 1.29 is 0 Å². The second kappa shape index (κ2) is 4.35. The molecule has 0 bridgehead atoms. The molecule has 0 saturated heterocycles. The van der Waals surface area contributed by atoms with E-state index in [-0.39, 0.29) is 0 Å². The molecule has 4 heteroatoms. The van der Waals surface area contributed by atoms with Crippen molar-refractivity contribution in [3.63, 3.8) is 0 Å². The Balaban J connectivity index is 2.02. The molecule has 0 spiro atoms. The lowest BCUT2D eigenvalue weighted by Gasteiger charge is -1.99. The highest BCUT2D eigenvalue weighted by molar-refractivity contribution is 5.40. The van der Waals surface area contributed by atoms with Crippen LogP contribution in [0.1, 0.15) is 17.2 Å². The van der Waals surface area contributed by atoms with E-state index < -0.39 is 0 Å². The van der Waals surface area contributed by atoms with Crippen molar-refractivity contribution in [1.82, 2.24) is 14.8 Å². The van der Waals surface area contributed by atoms with Crippen LogP contribution in [0.5, 0.6) is 0 Å². The van der Waals surface area contributed by atoms with E-state index in [0.29, 0.717) is 0 Å². The number of anilines is 1. The van der Waals surface area contributed by atoms with Crippen LogP contribution in [0.2, 0.25) is 0 Å². The molecule has 4 nitrogen and oxygen atoms in total. The molecule has 16 heavy (non-hydrogen) atoms. The summed E-state index contributed by atoms with van der Waals surface area (Å²) in [4.78, 5) is 4.37. The normalized spacial score (nSPS) is 10.6. The predicted molar refractivity (Wildman–Crippen MR) is 64.0 cm³/mol. The Morgan fingerprint density at radius 3 is 2.75 bits per heavy atom. The van der Waals surface area contributed by atoms with Crippen molar-refractivity contribution >= 4 is 5.69 Å². The monoisotopic (exact) mass is 216 g/mol. The van der Waals surface area contributed by atoms with Gasteiger partial charge in [0.2, 0.25) is 0 Å². The number of hydrogen-bond acceptors (Lipinski definition) is 3. The zero-order valence-electron chi connectivity index (χ0n) is 9.64. The van der Waals surface area contributed by atoms with Gasteiger partial charge in [-0.2, -0.15) is 5.10 Å². The fourth-order valence-corrected chi connectivity index (χ4v) is 1.64. The molecule has 2 N–H and O–H groups in total. The van der Waals surface area contributed by atoms with E-state index in [4.69, 9.17) is 5.73 Å². The standard InChI is InChI=1S/C12H16N4/c1-9-14-12(15-16(9)2)7-6-10-4-3-5-11(13)8-10/h3-5,8H,6-7,13H2,1-2H3. The number of benzene rings is 1.